The van der Waals surface area contributed by atoms with Crippen LogP contribution < -0.4 is 9.64 Å². The molecule has 5 nitrogen and oxygen atoms in total. The number of nitrogens with zero attached hydrogens (tertiary/aromatic N) is 1. The first-order chi connectivity index (χ1) is 17.5. The Morgan fingerprint density at radius 1 is 1.00 bits per heavy atom. The van der Waals surface area contributed by atoms with E-state index in [4.69, 9.17) is 4.74 Å². The minimum Gasteiger partial charge on any atom is -0.507 e. The molecule has 1 aliphatic heterocycles. The van der Waals surface area contributed by atoms with E-state index in [-0.39, 0.29) is 16.8 Å². The van der Waals surface area contributed by atoms with E-state index in [1.165, 1.54) is 12.1 Å². The Labute approximate surface area is 212 Å². The van der Waals surface area contributed by atoms with Gasteiger partial charge in [0.2, 0.25) is 0 Å². The molecule has 1 atom stereocenters. The van der Waals surface area contributed by atoms with E-state index in [1.807, 2.05) is 13.8 Å². The highest BCUT2D eigenvalue weighted by Gasteiger charge is 2.47. The molecular weight excluding hydrogens is 483 g/mol. The summed E-state index contributed by atoms with van der Waals surface area (Å²) in [5.74, 6) is -1.54. The van der Waals surface area contributed by atoms with Gasteiger partial charge in [0, 0.05) is 11.3 Å². The van der Waals surface area contributed by atoms with Crippen LogP contribution in [0.3, 0.4) is 0 Å². The van der Waals surface area contributed by atoms with Gasteiger partial charge in [-0.2, -0.15) is 13.2 Å². The lowest BCUT2D eigenvalue weighted by Gasteiger charge is -2.27. The average Bonchev–Trinajstić information content (AvgIpc) is 3.12. The molecule has 1 N–H and O–H groups in total. The number of ketones is 1. The molecule has 192 valence electrons. The molecule has 1 saturated heterocycles. The van der Waals surface area contributed by atoms with E-state index in [1.54, 1.807) is 55.5 Å². The van der Waals surface area contributed by atoms with Crippen LogP contribution in [-0.2, 0) is 15.8 Å². The summed E-state index contributed by atoms with van der Waals surface area (Å²) in [6.45, 7) is 6.29. The van der Waals surface area contributed by atoms with Crippen LogP contribution in [0, 0.1) is 12.8 Å². The van der Waals surface area contributed by atoms with Crippen molar-refractivity contribution in [3.8, 4) is 5.75 Å². The van der Waals surface area contributed by atoms with Crippen LogP contribution in [-0.4, -0.2) is 23.4 Å². The van der Waals surface area contributed by atoms with E-state index < -0.39 is 35.2 Å². The Hall–Kier alpha value is -4.07. The highest BCUT2D eigenvalue weighted by atomic mass is 19.4. The van der Waals surface area contributed by atoms with Gasteiger partial charge in [-0.25, -0.2) is 0 Å². The van der Waals surface area contributed by atoms with E-state index in [2.05, 4.69) is 0 Å². The maximum Gasteiger partial charge on any atom is 0.416 e. The number of aliphatic hydroxyl groups excluding tert-OH is 1. The summed E-state index contributed by atoms with van der Waals surface area (Å²) >= 11 is 0. The Balaban J connectivity index is 1.86. The van der Waals surface area contributed by atoms with E-state index in [0.717, 1.165) is 17.0 Å². The first-order valence-electron chi connectivity index (χ1n) is 11.8. The van der Waals surface area contributed by atoms with Crippen LogP contribution in [0.4, 0.5) is 18.9 Å². The highest BCUT2D eigenvalue weighted by molar-refractivity contribution is 6.51. The molecule has 0 radical (unpaired) electrons. The normalized spacial score (nSPS) is 17.5. The smallest absolute Gasteiger partial charge is 0.416 e. The summed E-state index contributed by atoms with van der Waals surface area (Å²) in [7, 11) is 0. The van der Waals surface area contributed by atoms with Crippen molar-refractivity contribution in [3.63, 3.8) is 0 Å². The molecule has 1 heterocycles. The number of hydrogen-bond acceptors (Lipinski definition) is 4. The number of aryl methyl sites for hydroxylation is 1. The van der Waals surface area contributed by atoms with Crippen LogP contribution in [0.5, 0.6) is 5.75 Å². The van der Waals surface area contributed by atoms with Crippen molar-refractivity contribution in [3.05, 3.63) is 101 Å². The standard InChI is InChI=1S/C29H26F3NO4/c1-17(2)16-37-22-13-11-19(12-14-22)26(34)24-25(23-10-5-4-7-18(23)3)33(28(36)27(24)35)21-9-6-8-20(15-21)29(30,31)32/h4-15,17,25,34H,16H2,1-3H3/b26-24+. The van der Waals surface area contributed by atoms with Crippen molar-refractivity contribution in [1.29, 1.82) is 0 Å². The number of benzene rings is 3. The van der Waals surface area contributed by atoms with Crippen molar-refractivity contribution in [2.75, 3.05) is 11.5 Å². The molecule has 1 amide bonds. The molecule has 0 aliphatic carbocycles. The predicted octanol–water partition coefficient (Wildman–Crippen LogP) is 6.67. The number of rotatable bonds is 6. The number of alkyl halides is 3. The van der Waals surface area contributed by atoms with Crippen LogP contribution in [0.1, 0.15) is 42.1 Å². The van der Waals surface area contributed by atoms with Gasteiger partial charge in [0.25, 0.3) is 11.7 Å². The first kappa shape index (κ1) is 26.0. The summed E-state index contributed by atoms with van der Waals surface area (Å²) in [6.07, 6.45) is -4.64. The van der Waals surface area contributed by atoms with Crippen molar-refractivity contribution in [2.45, 2.75) is 33.0 Å². The molecule has 0 aromatic heterocycles. The molecule has 37 heavy (non-hydrogen) atoms. The molecule has 0 saturated carbocycles. The van der Waals surface area contributed by atoms with E-state index >= 15 is 0 Å². The molecule has 8 heteroatoms. The second-order valence-corrected chi connectivity index (χ2v) is 9.30. The van der Waals surface area contributed by atoms with Crippen LogP contribution in [0.25, 0.3) is 5.76 Å². The first-order valence-corrected chi connectivity index (χ1v) is 11.8. The topological polar surface area (TPSA) is 66.8 Å². The molecular formula is C29H26F3NO4. The lowest BCUT2D eigenvalue weighted by Crippen LogP contribution is -2.30. The van der Waals surface area contributed by atoms with Crippen LogP contribution in [0.15, 0.2) is 78.4 Å². The van der Waals surface area contributed by atoms with Crippen LogP contribution in [0.2, 0.25) is 0 Å². The number of carbonyl (C=O) groups excluding carboxylic acids is 2. The van der Waals surface area contributed by atoms with Gasteiger partial charge in [-0.1, -0.05) is 44.2 Å². The minimum absolute atomic E-state index is 0.0957. The lowest BCUT2D eigenvalue weighted by molar-refractivity contribution is -0.137. The third-order valence-corrected chi connectivity index (χ3v) is 6.09. The number of carbonyl (C=O) groups is 2. The zero-order valence-electron chi connectivity index (χ0n) is 20.5. The summed E-state index contributed by atoms with van der Waals surface area (Å²) < 4.78 is 46.0. The number of ether oxygens (including phenoxy) is 1. The molecule has 1 fully saturated rings. The fourth-order valence-corrected chi connectivity index (χ4v) is 4.25. The molecule has 1 unspecified atom stereocenters. The molecule has 0 bridgehead atoms. The Morgan fingerprint density at radius 2 is 1.68 bits per heavy atom. The Bertz CT molecular complexity index is 1360. The number of halogens is 3. The minimum atomic E-state index is -4.64. The number of Topliss-reactive ketones (excluding diaryl/α,β-unsaturated/α-hetero) is 1. The van der Waals surface area contributed by atoms with Crippen molar-refractivity contribution >= 4 is 23.1 Å². The number of hydrogen-bond donors (Lipinski definition) is 1. The second kappa shape index (κ2) is 10.1. The van der Waals surface area contributed by atoms with Gasteiger partial charge in [-0.3, -0.25) is 14.5 Å². The largest absolute Gasteiger partial charge is 0.507 e. The summed E-state index contributed by atoms with van der Waals surface area (Å²) in [5, 5.41) is 11.2. The fourth-order valence-electron chi connectivity index (χ4n) is 4.25. The number of aliphatic hydroxyl groups is 1. The Morgan fingerprint density at radius 3 is 2.30 bits per heavy atom. The van der Waals surface area contributed by atoms with E-state index in [9.17, 15) is 27.9 Å². The monoisotopic (exact) mass is 509 g/mol. The third kappa shape index (κ3) is 5.23. The maximum absolute atomic E-state index is 13.4. The van der Waals surface area contributed by atoms with E-state index in [0.29, 0.717) is 29.4 Å². The lowest BCUT2D eigenvalue weighted by atomic mass is 9.92. The van der Waals surface area contributed by atoms with Crippen LogP contribution >= 0.6 is 0 Å². The zero-order chi connectivity index (χ0) is 26.9. The summed E-state index contributed by atoms with van der Waals surface area (Å²) in [4.78, 5) is 27.5. The van der Waals surface area contributed by atoms with Crippen molar-refractivity contribution < 1.29 is 32.6 Å². The SMILES string of the molecule is Cc1ccccc1C1/C(=C(\O)c2ccc(OCC(C)C)cc2)C(=O)C(=O)N1c1cccc(C(F)(F)F)c1. The molecule has 1 aliphatic rings. The number of amides is 1. The maximum atomic E-state index is 13.4. The summed E-state index contributed by atoms with van der Waals surface area (Å²) in [5.41, 5.74) is 0.242. The molecule has 4 rings (SSSR count). The summed E-state index contributed by atoms with van der Waals surface area (Å²) in [6, 6.07) is 16.5. The average molecular weight is 510 g/mol. The van der Waals surface area contributed by atoms with Gasteiger partial charge < -0.3 is 9.84 Å². The van der Waals surface area contributed by atoms with Gasteiger partial charge in [-0.05, 0) is 66.4 Å². The van der Waals surface area contributed by atoms with Gasteiger partial charge in [0.1, 0.15) is 11.5 Å². The van der Waals surface area contributed by atoms with Gasteiger partial charge in [0.15, 0.2) is 0 Å². The Kier molecular flexibility index (Phi) is 7.12. The fraction of sp³-hybridized carbons (Fsp3) is 0.241. The molecule has 3 aromatic rings. The third-order valence-electron chi connectivity index (χ3n) is 6.09. The van der Waals surface area contributed by atoms with Gasteiger partial charge >= 0.3 is 6.18 Å². The molecule has 0 spiro atoms. The quantitative estimate of drug-likeness (QED) is 0.229. The van der Waals surface area contributed by atoms with Gasteiger partial charge in [-0.15, -0.1) is 0 Å². The molecule has 3 aromatic carbocycles. The highest BCUT2D eigenvalue weighted by Crippen LogP contribution is 2.44. The van der Waals surface area contributed by atoms with Crippen molar-refractivity contribution in [2.24, 2.45) is 5.92 Å². The van der Waals surface area contributed by atoms with Crippen molar-refractivity contribution in [1.82, 2.24) is 0 Å². The van der Waals surface area contributed by atoms with Gasteiger partial charge in [0.05, 0.1) is 23.8 Å². The predicted molar refractivity (Wildman–Crippen MR) is 134 cm³/mol. The second-order valence-electron chi connectivity index (χ2n) is 9.30. The zero-order valence-corrected chi connectivity index (χ0v) is 20.5. The number of anilines is 1.